The fourth-order valence-electron chi connectivity index (χ4n) is 2.50. The molecule has 0 saturated carbocycles. The van der Waals surface area contributed by atoms with Crippen molar-refractivity contribution < 1.29 is 19.7 Å². The van der Waals surface area contributed by atoms with Crippen LogP contribution in [0.3, 0.4) is 0 Å². The maximum atomic E-state index is 10.7. The molecule has 10 nitrogen and oxygen atoms in total. The van der Waals surface area contributed by atoms with E-state index in [1.165, 1.54) is 4.57 Å². The number of unbranched alkanes of at least 4 members (excludes halogenated alkanes) is 1. The molecule has 27 heavy (non-hydrogen) atoms. The molecule has 0 atom stereocenters. The summed E-state index contributed by atoms with van der Waals surface area (Å²) in [6.07, 6.45) is 3.23. The number of nitrogens with zero attached hydrogens (tertiary/aromatic N) is 5. The van der Waals surface area contributed by atoms with Crippen LogP contribution in [0.5, 0.6) is 12.0 Å². The average molecular weight is 372 g/mol. The van der Waals surface area contributed by atoms with E-state index in [1.54, 1.807) is 18.3 Å². The number of aliphatic carboxylic acids is 1. The zero-order valence-corrected chi connectivity index (χ0v) is 14.8. The van der Waals surface area contributed by atoms with Crippen LogP contribution in [0.4, 0.5) is 5.82 Å². The number of nitrogens with two attached hydrogens (primary N) is 1. The number of aromatic hydroxyl groups is 1. The normalized spacial score (nSPS) is 11.0. The second kappa shape index (κ2) is 7.85. The summed E-state index contributed by atoms with van der Waals surface area (Å²) in [6.45, 7) is 2.74. The minimum atomic E-state index is -0.948. The van der Waals surface area contributed by atoms with Crippen LogP contribution in [0, 0.1) is 0 Å². The van der Waals surface area contributed by atoms with Crippen molar-refractivity contribution in [3.05, 3.63) is 29.6 Å². The maximum absolute atomic E-state index is 10.7. The van der Waals surface area contributed by atoms with Gasteiger partial charge in [0.15, 0.2) is 17.0 Å². The van der Waals surface area contributed by atoms with E-state index < -0.39 is 5.97 Å². The number of carboxylic acids is 1. The van der Waals surface area contributed by atoms with E-state index >= 15 is 0 Å². The van der Waals surface area contributed by atoms with Crippen molar-refractivity contribution in [1.29, 1.82) is 0 Å². The first kappa shape index (κ1) is 18.4. The highest BCUT2D eigenvalue weighted by atomic mass is 16.5. The average Bonchev–Trinajstić information content (AvgIpc) is 2.93. The molecule has 3 aromatic rings. The number of hydrogen-bond donors (Lipinski definition) is 3. The van der Waals surface area contributed by atoms with Crippen molar-refractivity contribution in [2.75, 3.05) is 12.3 Å². The topological polar surface area (TPSA) is 149 Å². The first-order chi connectivity index (χ1) is 13.0. The largest absolute Gasteiger partial charge is 0.481 e. The van der Waals surface area contributed by atoms with Crippen molar-refractivity contribution >= 4 is 23.0 Å². The molecule has 10 heteroatoms. The Balaban J connectivity index is 1.88. The molecule has 0 aliphatic heterocycles. The number of nitrogen functional groups attached to an aromatic ring is 1. The Morgan fingerprint density at radius 1 is 1.30 bits per heavy atom. The van der Waals surface area contributed by atoms with Gasteiger partial charge in [-0.3, -0.25) is 14.3 Å². The molecule has 0 aliphatic carbocycles. The van der Waals surface area contributed by atoms with Crippen LogP contribution in [0.2, 0.25) is 0 Å². The van der Waals surface area contributed by atoms with Crippen LogP contribution in [-0.2, 0) is 17.8 Å². The lowest BCUT2D eigenvalue weighted by Gasteiger charge is -2.08. The minimum absolute atomic E-state index is 0.121. The number of hydrogen-bond acceptors (Lipinski definition) is 8. The van der Waals surface area contributed by atoms with Crippen molar-refractivity contribution in [3.8, 4) is 12.0 Å². The van der Waals surface area contributed by atoms with Gasteiger partial charge in [0.2, 0.25) is 0 Å². The number of carboxylic acid groups (broad SMARTS) is 1. The van der Waals surface area contributed by atoms with Gasteiger partial charge in [-0.15, -0.1) is 0 Å². The number of rotatable bonds is 8. The van der Waals surface area contributed by atoms with Crippen molar-refractivity contribution in [3.63, 3.8) is 0 Å². The number of pyridine rings is 1. The van der Waals surface area contributed by atoms with Crippen LogP contribution in [0.25, 0.3) is 11.2 Å². The second-order valence-corrected chi connectivity index (χ2v) is 5.99. The van der Waals surface area contributed by atoms with Crippen molar-refractivity contribution in [2.45, 2.75) is 32.7 Å². The summed E-state index contributed by atoms with van der Waals surface area (Å²) >= 11 is 0. The van der Waals surface area contributed by atoms with Gasteiger partial charge in [-0.2, -0.15) is 15.0 Å². The molecule has 0 aromatic carbocycles. The fourth-order valence-corrected chi connectivity index (χ4v) is 2.50. The number of aromatic nitrogens is 5. The Morgan fingerprint density at radius 2 is 2.11 bits per heavy atom. The lowest BCUT2D eigenvalue weighted by molar-refractivity contribution is -0.136. The van der Waals surface area contributed by atoms with Gasteiger partial charge in [0, 0.05) is 6.20 Å². The Morgan fingerprint density at radius 3 is 2.78 bits per heavy atom. The quantitative estimate of drug-likeness (QED) is 0.498. The molecule has 0 spiro atoms. The summed E-state index contributed by atoms with van der Waals surface area (Å²) in [5.74, 6) is -0.827. The van der Waals surface area contributed by atoms with E-state index in [0.717, 1.165) is 18.4 Å². The Labute approximate surface area is 154 Å². The molecule has 142 valence electrons. The van der Waals surface area contributed by atoms with E-state index in [2.05, 4.69) is 19.9 Å². The van der Waals surface area contributed by atoms with Gasteiger partial charge in [-0.05, 0) is 18.1 Å². The Hall–Kier alpha value is -3.43. The summed E-state index contributed by atoms with van der Waals surface area (Å²) in [5.41, 5.74) is 7.74. The SMILES string of the molecule is CCCCOc1nc(N)c2nc(O)n(Cc3ccc(CC(=O)O)nc3)c2n1. The summed E-state index contributed by atoms with van der Waals surface area (Å²) in [7, 11) is 0. The molecule has 0 bridgehead atoms. The van der Waals surface area contributed by atoms with Crippen LogP contribution in [0.15, 0.2) is 18.3 Å². The molecule has 3 rings (SSSR count). The van der Waals surface area contributed by atoms with Gasteiger partial charge in [-0.25, -0.2) is 0 Å². The predicted octanol–water partition coefficient (Wildman–Crippen LogP) is 1.36. The highest BCUT2D eigenvalue weighted by Crippen LogP contribution is 2.25. The predicted molar refractivity (Wildman–Crippen MR) is 96.5 cm³/mol. The molecule has 0 aliphatic rings. The third-order valence-corrected chi connectivity index (χ3v) is 3.87. The van der Waals surface area contributed by atoms with Crippen molar-refractivity contribution in [1.82, 2.24) is 24.5 Å². The first-order valence-electron chi connectivity index (χ1n) is 8.49. The zero-order valence-electron chi connectivity index (χ0n) is 14.8. The summed E-state index contributed by atoms with van der Waals surface area (Å²) < 4.78 is 6.98. The van der Waals surface area contributed by atoms with Crippen LogP contribution in [-0.4, -0.2) is 47.3 Å². The van der Waals surface area contributed by atoms with E-state index in [-0.39, 0.29) is 36.3 Å². The second-order valence-electron chi connectivity index (χ2n) is 5.99. The fraction of sp³-hybridized carbons (Fsp3) is 0.353. The standard InChI is InChI=1S/C17H20N6O4/c1-2-3-6-27-16-21-14(18)13-15(22-16)23(17(26)20-13)9-10-4-5-11(19-8-10)7-12(24)25/h4-5,8H,2-3,6-7,9H2,1H3,(H,20,26)(H,24,25)(H2,18,21,22). The zero-order chi connectivity index (χ0) is 19.4. The molecule has 3 aromatic heterocycles. The number of fused-ring (bicyclic) bond motifs is 1. The van der Waals surface area contributed by atoms with E-state index in [4.69, 9.17) is 15.6 Å². The van der Waals surface area contributed by atoms with Crippen LogP contribution in [0.1, 0.15) is 31.0 Å². The first-order valence-corrected chi connectivity index (χ1v) is 8.49. The molecule has 0 amide bonds. The van der Waals surface area contributed by atoms with Gasteiger partial charge in [0.05, 0.1) is 25.3 Å². The number of carbonyl (C=O) groups is 1. The lowest BCUT2D eigenvalue weighted by atomic mass is 10.2. The minimum Gasteiger partial charge on any atom is -0.481 e. The lowest BCUT2D eigenvalue weighted by Crippen LogP contribution is -2.07. The van der Waals surface area contributed by atoms with Crippen LogP contribution < -0.4 is 10.5 Å². The van der Waals surface area contributed by atoms with Gasteiger partial charge in [-0.1, -0.05) is 19.4 Å². The van der Waals surface area contributed by atoms with Gasteiger partial charge < -0.3 is 20.7 Å². The van der Waals surface area contributed by atoms with Gasteiger partial charge in [0.25, 0.3) is 6.01 Å². The molecule has 4 N–H and O–H groups in total. The molecule has 0 saturated heterocycles. The van der Waals surface area contributed by atoms with Gasteiger partial charge >= 0.3 is 12.0 Å². The summed E-state index contributed by atoms with van der Waals surface area (Å²) in [5, 5.41) is 19.0. The highest BCUT2D eigenvalue weighted by Gasteiger charge is 2.17. The smallest absolute Gasteiger partial charge is 0.320 e. The maximum Gasteiger partial charge on any atom is 0.320 e. The molecular weight excluding hydrogens is 352 g/mol. The van der Waals surface area contributed by atoms with E-state index in [1.807, 2.05) is 6.92 Å². The van der Waals surface area contributed by atoms with Gasteiger partial charge in [0.1, 0.15) is 0 Å². The Bertz CT molecular complexity index is 954. The van der Waals surface area contributed by atoms with Crippen molar-refractivity contribution in [2.24, 2.45) is 0 Å². The molecule has 0 fully saturated rings. The summed E-state index contributed by atoms with van der Waals surface area (Å²) in [6, 6.07) is 3.23. The molecular formula is C17H20N6O4. The van der Waals surface area contributed by atoms with Crippen LogP contribution >= 0.6 is 0 Å². The molecule has 0 radical (unpaired) electrons. The molecule has 0 unspecified atom stereocenters. The third kappa shape index (κ3) is 4.22. The number of anilines is 1. The Kier molecular flexibility index (Phi) is 5.34. The monoisotopic (exact) mass is 372 g/mol. The summed E-state index contributed by atoms with van der Waals surface area (Å²) in [4.78, 5) is 27.2. The van der Waals surface area contributed by atoms with E-state index in [0.29, 0.717) is 17.9 Å². The number of ether oxygens (including phenoxy) is 1. The van der Waals surface area contributed by atoms with E-state index in [9.17, 15) is 9.90 Å². The molecule has 3 heterocycles. The highest BCUT2D eigenvalue weighted by molar-refractivity contribution is 5.83. The third-order valence-electron chi connectivity index (χ3n) is 3.87. The number of imidazole rings is 1.